The minimum Gasteiger partial charge on any atom is -0.478 e. The molecule has 0 aliphatic heterocycles. The number of carbonyl (C=O) groups is 2. The first kappa shape index (κ1) is 15.3. The standard InChI is InChI=1S/C14H8Cl2FNO3/c15-9-5-4-7(14(20)21)6-11(9)18-13(19)8-2-1-3-10(16)12(8)17/h1-6H,(H,18,19)(H,20,21). The molecule has 0 aromatic heterocycles. The Morgan fingerprint density at radius 1 is 1.10 bits per heavy atom. The third kappa shape index (κ3) is 3.32. The van der Waals surface area contributed by atoms with Gasteiger partial charge in [-0.1, -0.05) is 29.3 Å². The third-order valence-electron chi connectivity index (χ3n) is 2.66. The van der Waals surface area contributed by atoms with Gasteiger partial charge in [0, 0.05) is 0 Å². The van der Waals surface area contributed by atoms with E-state index >= 15 is 0 Å². The van der Waals surface area contributed by atoms with Crippen LogP contribution >= 0.6 is 23.2 Å². The van der Waals surface area contributed by atoms with E-state index in [1.54, 1.807) is 0 Å². The van der Waals surface area contributed by atoms with Gasteiger partial charge in [-0.2, -0.15) is 0 Å². The summed E-state index contributed by atoms with van der Waals surface area (Å²) in [6.07, 6.45) is 0. The predicted octanol–water partition coefficient (Wildman–Crippen LogP) is 4.08. The average molecular weight is 328 g/mol. The molecule has 2 aromatic rings. The van der Waals surface area contributed by atoms with Crippen molar-refractivity contribution >= 4 is 40.8 Å². The first-order chi connectivity index (χ1) is 9.90. The molecule has 0 spiro atoms. The van der Waals surface area contributed by atoms with Gasteiger partial charge in [0.25, 0.3) is 5.91 Å². The van der Waals surface area contributed by atoms with E-state index in [2.05, 4.69) is 5.32 Å². The molecule has 2 rings (SSSR count). The summed E-state index contributed by atoms with van der Waals surface area (Å²) in [5, 5.41) is 11.2. The summed E-state index contributed by atoms with van der Waals surface area (Å²) in [6, 6.07) is 7.80. The molecule has 4 nitrogen and oxygen atoms in total. The molecule has 7 heteroatoms. The minimum atomic E-state index is -1.17. The van der Waals surface area contributed by atoms with Crippen molar-refractivity contribution in [1.82, 2.24) is 0 Å². The van der Waals surface area contributed by atoms with Crippen molar-refractivity contribution in [2.24, 2.45) is 0 Å². The van der Waals surface area contributed by atoms with E-state index in [4.69, 9.17) is 28.3 Å². The van der Waals surface area contributed by atoms with Crippen LogP contribution in [0.15, 0.2) is 36.4 Å². The van der Waals surface area contributed by atoms with Gasteiger partial charge >= 0.3 is 5.97 Å². The van der Waals surface area contributed by atoms with Crippen LogP contribution in [-0.4, -0.2) is 17.0 Å². The number of hydrogen-bond acceptors (Lipinski definition) is 2. The third-order valence-corrected chi connectivity index (χ3v) is 3.28. The predicted molar refractivity (Wildman–Crippen MR) is 77.8 cm³/mol. The number of amides is 1. The van der Waals surface area contributed by atoms with Crippen LogP contribution in [0.2, 0.25) is 10.0 Å². The first-order valence-electron chi connectivity index (χ1n) is 5.68. The van der Waals surface area contributed by atoms with E-state index in [1.165, 1.54) is 36.4 Å². The van der Waals surface area contributed by atoms with Crippen molar-refractivity contribution in [3.05, 3.63) is 63.4 Å². The van der Waals surface area contributed by atoms with Crippen LogP contribution in [0.25, 0.3) is 0 Å². The molecule has 0 fully saturated rings. The zero-order valence-corrected chi connectivity index (χ0v) is 11.9. The summed E-state index contributed by atoms with van der Waals surface area (Å²) in [6.45, 7) is 0. The Hall–Kier alpha value is -2.11. The number of halogens is 3. The molecule has 0 atom stereocenters. The minimum absolute atomic E-state index is 0.0544. The number of anilines is 1. The van der Waals surface area contributed by atoms with Gasteiger partial charge in [0.15, 0.2) is 5.82 Å². The lowest BCUT2D eigenvalue weighted by molar-refractivity contribution is 0.0696. The smallest absolute Gasteiger partial charge is 0.335 e. The fourth-order valence-corrected chi connectivity index (χ4v) is 1.96. The first-order valence-corrected chi connectivity index (χ1v) is 6.44. The van der Waals surface area contributed by atoms with Crippen LogP contribution in [0, 0.1) is 5.82 Å². The summed E-state index contributed by atoms with van der Waals surface area (Å²) in [5.41, 5.74) is -0.249. The zero-order valence-electron chi connectivity index (χ0n) is 10.4. The monoisotopic (exact) mass is 327 g/mol. The highest BCUT2D eigenvalue weighted by Crippen LogP contribution is 2.25. The Balaban J connectivity index is 2.33. The van der Waals surface area contributed by atoms with Crippen LogP contribution in [0.5, 0.6) is 0 Å². The van der Waals surface area contributed by atoms with E-state index in [9.17, 15) is 14.0 Å². The van der Waals surface area contributed by atoms with Gasteiger partial charge in [0.2, 0.25) is 0 Å². The van der Waals surface area contributed by atoms with E-state index < -0.39 is 17.7 Å². The summed E-state index contributed by atoms with van der Waals surface area (Å²) >= 11 is 11.5. The van der Waals surface area contributed by atoms with Gasteiger partial charge in [0.05, 0.1) is 26.9 Å². The van der Waals surface area contributed by atoms with E-state index in [0.717, 1.165) is 0 Å². The molecule has 0 radical (unpaired) electrons. The lowest BCUT2D eigenvalue weighted by atomic mass is 10.1. The molecular formula is C14H8Cl2FNO3. The molecule has 0 saturated carbocycles. The number of carboxylic acids is 1. The highest BCUT2D eigenvalue weighted by atomic mass is 35.5. The fraction of sp³-hybridized carbons (Fsp3) is 0. The Morgan fingerprint density at radius 3 is 2.48 bits per heavy atom. The molecule has 0 saturated heterocycles. The molecule has 21 heavy (non-hydrogen) atoms. The van der Waals surface area contributed by atoms with Gasteiger partial charge in [-0.05, 0) is 30.3 Å². The number of carbonyl (C=O) groups excluding carboxylic acids is 1. The summed E-state index contributed by atoms with van der Waals surface area (Å²) < 4.78 is 13.7. The number of hydrogen-bond donors (Lipinski definition) is 2. The molecule has 2 aromatic carbocycles. The topological polar surface area (TPSA) is 66.4 Å². The van der Waals surface area contributed by atoms with Crippen LogP contribution in [0.4, 0.5) is 10.1 Å². The van der Waals surface area contributed by atoms with E-state index in [0.29, 0.717) is 0 Å². The number of carboxylic acid groups (broad SMARTS) is 1. The lowest BCUT2D eigenvalue weighted by Gasteiger charge is -2.09. The second-order valence-corrected chi connectivity index (χ2v) is 4.87. The fourth-order valence-electron chi connectivity index (χ4n) is 1.62. The van der Waals surface area contributed by atoms with Crippen LogP contribution in [0.3, 0.4) is 0 Å². The summed E-state index contributed by atoms with van der Waals surface area (Å²) in [4.78, 5) is 22.9. The van der Waals surface area contributed by atoms with Crippen molar-refractivity contribution in [2.75, 3.05) is 5.32 Å². The van der Waals surface area contributed by atoms with Gasteiger partial charge in [-0.15, -0.1) is 0 Å². The van der Waals surface area contributed by atoms with Crippen LogP contribution < -0.4 is 5.32 Å². The molecule has 0 unspecified atom stereocenters. The van der Waals surface area contributed by atoms with Crippen LogP contribution in [-0.2, 0) is 0 Å². The maximum atomic E-state index is 13.7. The van der Waals surface area contributed by atoms with E-state index in [-0.39, 0.29) is 26.9 Å². The zero-order chi connectivity index (χ0) is 15.6. The van der Waals surface area contributed by atoms with Crippen LogP contribution in [0.1, 0.15) is 20.7 Å². The molecule has 1 amide bonds. The lowest BCUT2D eigenvalue weighted by Crippen LogP contribution is -2.14. The van der Waals surface area contributed by atoms with Gasteiger partial charge < -0.3 is 10.4 Å². The van der Waals surface area contributed by atoms with Gasteiger partial charge in [-0.3, -0.25) is 4.79 Å². The maximum absolute atomic E-state index is 13.7. The van der Waals surface area contributed by atoms with Crippen molar-refractivity contribution in [3.63, 3.8) is 0 Å². The second kappa shape index (κ2) is 6.11. The Bertz CT molecular complexity index is 734. The quantitative estimate of drug-likeness (QED) is 0.892. The number of benzene rings is 2. The van der Waals surface area contributed by atoms with Gasteiger partial charge in [-0.25, -0.2) is 9.18 Å². The SMILES string of the molecule is O=C(O)c1ccc(Cl)c(NC(=O)c2cccc(Cl)c2F)c1. The summed E-state index contributed by atoms with van der Waals surface area (Å²) in [5.74, 6) is -2.81. The molecule has 0 aliphatic rings. The number of rotatable bonds is 3. The number of aromatic carboxylic acids is 1. The Kier molecular flexibility index (Phi) is 4.45. The van der Waals surface area contributed by atoms with Gasteiger partial charge in [0.1, 0.15) is 0 Å². The highest BCUT2D eigenvalue weighted by molar-refractivity contribution is 6.34. The number of nitrogens with one attached hydrogen (secondary N) is 1. The molecule has 0 heterocycles. The van der Waals surface area contributed by atoms with Crippen molar-refractivity contribution in [3.8, 4) is 0 Å². The molecule has 2 N–H and O–H groups in total. The van der Waals surface area contributed by atoms with Crippen molar-refractivity contribution in [2.45, 2.75) is 0 Å². The average Bonchev–Trinajstić information content (AvgIpc) is 2.43. The highest BCUT2D eigenvalue weighted by Gasteiger charge is 2.16. The second-order valence-electron chi connectivity index (χ2n) is 4.06. The van der Waals surface area contributed by atoms with E-state index in [1.807, 2.05) is 0 Å². The molecule has 0 bridgehead atoms. The molecular weight excluding hydrogens is 320 g/mol. The normalized spacial score (nSPS) is 10.2. The Labute approximate surface area is 129 Å². The molecule has 0 aliphatic carbocycles. The maximum Gasteiger partial charge on any atom is 0.335 e. The molecule has 108 valence electrons. The Morgan fingerprint density at radius 2 is 1.81 bits per heavy atom. The largest absolute Gasteiger partial charge is 0.478 e. The summed E-state index contributed by atoms with van der Waals surface area (Å²) in [7, 11) is 0. The van der Waals surface area contributed by atoms with Crippen molar-refractivity contribution < 1.29 is 19.1 Å². The van der Waals surface area contributed by atoms with Crippen molar-refractivity contribution in [1.29, 1.82) is 0 Å².